The van der Waals surface area contributed by atoms with Crippen molar-refractivity contribution < 1.29 is 0 Å². The summed E-state index contributed by atoms with van der Waals surface area (Å²) >= 11 is 0. The fourth-order valence-electron chi connectivity index (χ4n) is 5.58. The highest BCUT2D eigenvalue weighted by molar-refractivity contribution is 6.58. The molecule has 1 atom stereocenters. The van der Waals surface area contributed by atoms with Gasteiger partial charge in [0.05, 0.1) is 0 Å². The second-order valence-electron chi connectivity index (χ2n) is 11.1. The number of allylic oxidation sites excluding steroid dienone is 1. The van der Waals surface area contributed by atoms with Crippen LogP contribution in [0, 0.1) is 5.92 Å². The van der Waals surface area contributed by atoms with E-state index in [0.717, 1.165) is 11.5 Å². The Hall–Kier alpha value is -1.60. The van der Waals surface area contributed by atoms with Gasteiger partial charge in [-0.2, -0.15) is 0 Å². The van der Waals surface area contributed by atoms with E-state index in [1.54, 1.807) is 33.4 Å². The zero-order valence-electron chi connectivity index (χ0n) is 19.5. The van der Waals surface area contributed by atoms with Crippen molar-refractivity contribution in [3.63, 3.8) is 0 Å². The van der Waals surface area contributed by atoms with Gasteiger partial charge in [0.1, 0.15) is 0 Å². The van der Waals surface area contributed by atoms with Crippen LogP contribution in [0.1, 0.15) is 80.8 Å². The number of aryl methyl sites for hydroxylation is 1. The third kappa shape index (κ3) is 3.79. The molecular weight excluding hydrogens is 364 g/mol. The van der Waals surface area contributed by atoms with Gasteiger partial charge in [-0.15, -0.1) is 0 Å². The van der Waals surface area contributed by atoms with Gasteiger partial charge in [0.2, 0.25) is 0 Å². The van der Waals surface area contributed by atoms with Gasteiger partial charge >= 0.3 is 0 Å². The lowest BCUT2D eigenvalue weighted by Crippen LogP contribution is -2.17. The Kier molecular flexibility index (Phi) is 5.40. The van der Waals surface area contributed by atoms with Crippen molar-refractivity contribution in [3.05, 3.63) is 63.7 Å². The number of fused-ring (bicyclic) bond motifs is 2. The molecule has 2 aromatic rings. The van der Waals surface area contributed by atoms with Crippen LogP contribution in [-0.4, -0.2) is 8.80 Å². The quantitative estimate of drug-likeness (QED) is 0.460. The topological polar surface area (TPSA) is 0 Å². The van der Waals surface area contributed by atoms with Gasteiger partial charge < -0.3 is 0 Å². The Morgan fingerprint density at radius 2 is 1.72 bits per heavy atom. The lowest BCUT2D eigenvalue weighted by Gasteiger charge is -2.23. The van der Waals surface area contributed by atoms with Crippen molar-refractivity contribution in [3.8, 4) is 11.1 Å². The molecule has 0 saturated heterocycles. The molecule has 0 fully saturated rings. The van der Waals surface area contributed by atoms with E-state index in [9.17, 15) is 0 Å². The minimum atomic E-state index is -0.817. The molecule has 0 radical (unpaired) electrons. The molecule has 4 rings (SSSR count). The van der Waals surface area contributed by atoms with Crippen molar-refractivity contribution in [1.29, 1.82) is 0 Å². The molecule has 0 N–H and O–H groups in total. The highest BCUT2D eigenvalue weighted by atomic mass is 28.3. The summed E-state index contributed by atoms with van der Waals surface area (Å²) < 4.78 is 0. The van der Waals surface area contributed by atoms with E-state index in [1.165, 1.54) is 36.8 Å². The summed E-state index contributed by atoms with van der Waals surface area (Å²) in [4.78, 5) is 0. The lowest BCUT2D eigenvalue weighted by molar-refractivity contribution is 0.590. The summed E-state index contributed by atoms with van der Waals surface area (Å²) in [5.41, 5.74) is 13.6. The van der Waals surface area contributed by atoms with Gasteiger partial charge in [-0.05, 0) is 81.5 Å². The van der Waals surface area contributed by atoms with Crippen molar-refractivity contribution in [2.45, 2.75) is 84.4 Å². The molecule has 0 bridgehead atoms. The van der Waals surface area contributed by atoms with Crippen LogP contribution in [0.2, 0.25) is 13.1 Å². The molecule has 29 heavy (non-hydrogen) atoms. The number of rotatable bonds is 4. The summed E-state index contributed by atoms with van der Waals surface area (Å²) in [5, 5.41) is 0. The fourth-order valence-corrected chi connectivity index (χ4v) is 7.67. The van der Waals surface area contributed by atoms with E-state index in [4.69, 9.17) is 0 Å². The van der Waals surface area contributed by atoms with Gasteiger partial charge in [0, 0.05) is 8.80 Å². The molecule has 0 aliphatic heterocycles. The van der Waals surface area contributed by atoms with Crippen LogP contribution in [0.5, 0.6) is 0 Å². The summed E-state index contributed by atoms with van der Waals surface area (Å²) in [6.07, 6.45) is 7.69. The Labute approximate surface area is 180 Å². The molecule has 1 heteroatoms. The number of benzene rings is 2. The Morgan fingerprint density at radius 1 is 1.03 bits per heavy atom. The average Bonchev–Trinajstić information content (AvgIpc) is 3.22. The number of hydrogen-bond acceptors (Lipinski definition) is 0. The van der Waals surface area contributed by atoms with E-state index in [-0.39, 0.29) is 5.41 Å². The molecule has 0 aromatic heterocycles. The van der Waals surface area contributed by atoms with Crippen molar-refractivity contribution in [1.82, 2.24) is 0 Å². The van der Waals surface area contributed by atoms with E-state index >= 15 is 0 Å². The Morgan fingerprint density at radius 3 is 2.31 bits per heavy atom. The van der Waals surface area contributed by atoms with E-state index in [2.05, 4.69) is 84.1 Å². The van der Waals surface area contributed by atoms with E-state index < -0.39 is 8.80 Å². The highest BCUT2D eigenvalue weighted by Gasteiger charge is 2.33. The molecule has 2 aromatic carbocycles. The maximum absolute atomic E-state index is 2.62. The van der Waals surface area contributed by atoms with Crippen LogP contribution in [0.3, 0.4) is 0 Å². The molecule has 0 spiro atoms. The lowest BCUT2D eigenvalue weighted by atomic mass is 9.84. The molecule has 0 saturated carbocycles. The minimum Gasteiger partial charge on any atom is -0.0714 e. The summed E-state index contributed by atoms with van der Waals surface area (Å²) in [7, 11) is -0.817. The summed E-state index contributed by atoms with van der Waals surface area (Å²) in [5.74, 6) is 0.729. The predicted octanol–water partition coefficient (Wildman–Crippen LogP) is 7.69. The zero-order valence-corrected chi connectivity index (χ0v) is 20.7. The van der Waals surface area contributed by atoms with Crippen molar-refractivity contribution >= 4 is 14.9 Å². The van der Waals surface area contributed by atoms with Crippen LogP contribution >= 0.6 is 0 Å². The smallest absolute Gasteiger partial charge is 0.0439 e. The van der Waals surface area contributed by atoms with E-state index in [0.29, 0.717) is 0 Å². The second-order valence-corrected chi connectivity index (χ2v) is 14.3. The van der Waals surface area contributed by atoms with Crippen LogP contribution in [0.25, 0.3) is 17.2 Å². The SMILES string of the molecule is CC(C)CC1=Cc2c(cc3c(c2-c2ccc(C(C)(C)C)cc2)CCC3)C1[SiH](C)C. The fraction of sp³-hybridized carbons (Fsp3) is 0.500. The van der Waals surface area contributed by atoms with Crippen LogP contribution in [0.4, 0.5) is 0 Å². The molecule has 0 amide bonds. The molecule has 0 heterocycles. The third-order valence-electron chi connectivity index (χ3n) is 6.89. The van der Waals surface area contributed by atoms with Gasteiger partial charge in [0.15, 0.2) is 0 Å². The first-order valence-electron chi connectivity index (χ1n) is 11.7. The maximum Gasteiger partial charge on any atom is 0.0439 e. The first kappa shape index (κ1) is 20.7. The maximum atomic E-state index is 2.62. The summed E-state index contributed by atoms with van der Waals surface area (Å²) in [6.45, 7) is 16.7. The monoisotopic (exact) mass is 402 g/mol. The Bertz CT molecular complexity index is 936. The van der Waals surface area contributed by atoms with Crippen molar-refractivity contribution in [2.75, 3.05) is 0 Å². The van der Waals surface area contributed by atoms with Gasteiger partial charge in [-0.1, -0.05) is 89.7 Å². The van der Waals surface area contributed by atoms with Gasteiger partial charge in [-0.3, -0.25) is 0 Å². The van der Waals surface area contributed by atoms with E-state index in [1.807, 2.05) is 0 Å². The van der Waals surface area contributed by atoms with Crippen molar-refractivity contribution in [2.24, 2.45) is 5.92 Å². The van der Waals surface area contributed by atoms with Crippen LogP contribution in [-0.2, 0) is 18.3 Å². The molecule has 1 unspecified atom stereocenters. The molecule has 154 valence electrons. The molecule has 0 nitrogen and oxygen atoms in total. The van der Waals surface area contributed by atoms with Gasteiger partial charge in [0.25, 0.3) is 0 Å². The first-order chi connectivity index (χ1) is 13.7. The third-order valence-corrected chi connectivity index (χ3v) is 9.01. The normalized spacial score (nSPS) is 18.4. The second kappa shape index (κ2) is 7.58. The average molecular weight is 403 g/mol. The standard InChI is InChI=1S/C28H38Si/c1-18(2)15-21-17-24-25(27(21)29(6)7)16-20-9-8-10-23(20)26(24)19-11-13-22(14-12-19)28(3,4)5/h11-14,16-18,27,29H,8-10,15H2,1-7H3. The predicted molar refractivity (Wildman–Crippen MR) is 132 cm³/mol. The minimum absolute atomic E-state index is 0.206. The molecular formula is C28H38Si. The van der Waals surface area contributed by atoms with Crippen LogP contribution < -0.4 is 0 Å². The molecule has 2 aliphatic carbocycles. The number of hydrogen-bond donors (Lipinski definition) is 0. The largest absolute Gasteiger partial charge is 0.0714 e. The Balaban J connectivity index is 1.90. The van der Waals surface area contributed by atoms with Gasteiger partial charge in [-0.25, -0.2) is 0 Å². The first-order valence-corrected chi connectivity index (χ1v) is 14.6. The zero-order chi connectivity index (χ0) is 20.9. The molecule has 2 aliphatic rings. The highest BCUT2D eigenvalue weighted by Crippen LogP contribution is 2.48. The summed E-state index contributed by atoms with van der Waals surface area (Å²) in [6, 6.07) is 12.1. The van der Waals surface area contributed by atoms with Crippen LogP contribution in [0.15, 0.2) is 35.9 Å².